The van der Waals surface area contributed by atoms with Crippen molar-refractivity contribution in [2.45, 2.75) is 19.8 Å². The molecule has 0 aliphatic heterocycles. The van der Waals surface area contributed by atoms with E-state index in [4.69, 9.17) is 10.3 Å². The fraction of sp³-hybridized carbons (Fsp3) is 0.176. The maximum absolute atomic E-state index is 5.92. The smallest absolute Gasteiger partial charge is 0.230 e. The highest BCUT2D eigenvalue weighted by atomic mass is 16.5. The lowest BCUT2D eigenvalue weighted by atomic mass is 9.99. The molecule has 0 saturated heterocycles. The van der Waals surface area contributed by atoms with E-state index in [1.54, 1.807) is 12.4 Å². The average molecular weight is 279 g/mol. The molecule has 0 bridgehead atoms. The molecule has 0 aliphatic carbocycles. The number of benzene rings is 1. The van der Waals surface area contributed by atoms with Crippen LogP contribution in [0.25, 0.3) is 11.1 Å². The second-order valence-corrected chi connectivity index (χ2v) is 5.04. The second kappa shape index (κ2) is 5.79. The number of nitrogen functional groups attached to an aromatic ring is 1. The van der Waals surface area contributed by atoms with Crippen molar-refractivity contribution in [3.8, 4) is 11.1 Å². The number of nitrogens with zero attached hydrogens (tertiary/aromatic N) is 2. The van der Waals surface area contributed by atoms with Crippen molar-refractivity contribution < 1.29 is 4.52 Å². The maximum atomic E-state index is 5.92. The van der Waals surface area contributed by atoms with Crippen molar-refractivity contribution in [3.05, 3.63) is 65.6 Å². The average Bonchev–Trinajstić information content (AvgIpc) is 2.88. The molecule has 0 spiro atoms. The quantitative estimate of drug-likeness (QED) is 0.794. The lowest BCUT2D eigenvalue weighted by Gasteiger charge is -2.05. The first kappa shape index (κ1) is 13.4. The summed E-state index contributed by atoms with van der Waals surface area (Å²) in [4.78, 5) is 4.13. The van der Waals surface area contributed by atoms with Gasteiger partial charge < -0.3 is 10.3 Å². The number of pyridine rings is 1. The number of aromatic nitrogens is 2. The predicted octanol–water partition coefficient (Wildman–Crippen LogP) is 3.41. The number of nitrogens with two attached hydrogens (primary N) is 1. The molecule has 0 atom stereocenters. The molecule has 2 heterocycles. The van der Waals surface area contributed by atoms with E-state index >= 15 is 0 Å². The number of hydrogen-bond donors (Lipinski definition) is 1. The van der Waals surface area contributed by atoms with E-state index in [0.29, 0.717) is 5.88 Å². The van der Waals surface area contributed by atoms with E-state index in [1.807, 2.05) is 18.2 Å². The number of anilines is 1. The summed E-state index contributed by atoms with van der Waals surface area (Å²) in [6, 6.07) is 12.2. The van der Waals surface area contributed by atoms with E-state index in [1.165, 1.54) is 11.1 Å². The number of aryl methyl sites for hydroxylation is 3. The van der Waals surface area contributed by atoms with Gasteiger partial charge in [0.2, 0.25) is 5.88 Å². The molecule has 0 aliphatic rings. The summed E-state index contributed by atoms with van der Waals surface area (Å²) < 4.78 is 5.17. The monoisotopic (exact) mass is 279 g/mol. The fourth-order valence-electron chi connectivity index (χ4n) is 2.47. The van der Waals surface area contributed by atoms with Crippen LogP contribution in [0.5, 0.6) is 0 Å². The normalized spacial score (nSPS) is 10.7. The van der Waals surface area contributed by atoms with Crippen molar-refractivity contribution in [2.75, 3.05) is 5.73 Å². The molecule has 4 nitrogen and oxygen atoms in total. The molecule has 0 fully saturated rings. The van der Waals surface area contributed by atoms with Crippen LogP contribution in [0, 0.1) is 6.92 Å². The SMILES string of the molecule is Cc1ccccc1CCc1noc(N)c1-c1cccnc1. The Morgan fingerprint density at radius 1 is 1.10 bits per heavy atom. The first-order chi connectivity index (χ1) is 10.3. The van der Waals surface area contributed by atoms with E-state index in [-0.39, 0.29) is 0 Å². The highest BCUT2D eigenvalue weighted by molar-refractivity contribution is 5.74. The van der Waals surface area contributed by atoms with Crippen molar-refractivity contribution in [2.24, 2.45) is 0 Å². The zero-order chi connectivity index (χ0) is 14.7. The Morgan fingerprint density at radius 3 is 2.71 bits per heavy atom. The van der Waals surface area contributed by atoms with Crippen LogP contribution in [-0.2, 0) is 12.8 Å². The zero-order valence-electron chi connectivity index (χ0n) is 11.9. The van der Waals surface area contributed by atoms with Gasteiger partial charge in [-0.2, -0.15) is 0 Å². The Balaban J connectivity index is 1.86. The third-order valence-corrected chi connectivity index (χ3v) is 3.63. The molecule has 0 unspecified atom stereocenters. The third kappa shape index (κ3) is 2.79. The van der Waals surface area contributed by atoms with Crippen molar-refractivity contribution in [1.82, 2.24) is 10.1 Å². The molecule has 106 valence electrons. The highest BCUT2D eigenvalue weighted by Crippen LogP contribution is 2.29. The maximum Gasteiger partial charge on any atom is 0.230 e. The summed E-state index contributed by atoms with van der Waals surface area (Å²) in [5.41, 5.74) is 11.2. The summed E-state index contributed by atoms with van der Waals surface area (Å²) in [6.45, 7) is 2.12. The Morgan fingerprint density at radius 2 is 1.95 bits per heavy atom. The van der Waals surface area contributed by atoms with Gasteiger partial charge in [-0.1, -0.05) is 35.5 Å². The fourth-order valence-corrected chi connectivity index (χ4v) is 2.47. The predicted molar refractivity (Wildman–Crippen MR) is 82.7 cm³/mol. The molecule has 4 heteroatoms. The number of hydrogen-bond acceptors (Lipinski definition) is 4. The number of rotatable bonds is 4. The molecule has 2 N–H and O–H groups in total. The van der Waals surface area contributed by atoms with Crippen molar-refractivity contribution in [3.63, 3.8) is 0 Å². The van der Waals surface area contributed by atoms with Gasteiger partial charge in [-0.25, -0.2) is 0 Å². The summed E-state index contributed by atoms with van der Waals surface area (Å²) in [6.07, 6.45) is 5.21. The van der Waals surface area contributed by atoms with Gasteiger partial charge in [0, 0.05) is 18.0 Å². The Kier molecular flexibility index (Phi) is 3.69. The Bertz CT molecular complexity index is 735. The summed E-state index contributed by atoms with van der Waals surface area (Å²) in [7, 11) is 0. The van der Waals surface area contributed by atoms with Gasteiger partial charge in [-0.15, -0.1) is 0 Å². The van der Waals surface area contributed by atoms with Gasteiger partial charge >= 0.3 is 0 Å². The molecular formula is C17H17N3O. The van der Waals surface area contributed by atoms with Crippen LogP contribution >= 0.6 is 0 Å². The van der Waals surface area contributed by atoms with Gasteiger partial charge in [0.05, 0.1) is 11.3 Å². The summed E-state index contributed by atoms with van der Waals surface area (Å²) >= 11 is 0. The van der Waals surface area contributed by atoms with Crippen molar-refractivity contribution >= 4 is 5.88 Å². The molecule has 0 amide bonds. The van der Waals surface area contributed by atoms with Crippen LogP contribution in [0.15, 0.2) is 53.3 Å². The molecule has 2 aromatic heterocycles. The standard InChI is InChI=1S/C17H17N3O/c1-12-5-2-3-6-13(12)8-9-15-16(17(18)21-20-15)14-7-4-10-19-11-14/h2-7,10-11H,8-9,18H2,1H3. The highest BCUT2D eigenvalue weighted by Gasteiger charge is 2.15. The first-order valence-electron chi connectivity index (χ1n) is 6.94. The molecule has 0 saturated carbocycles. The first-order valence-corrected chi connectivity index (χ1v) is 6.94. The minimum Gasteiger partial charge on any atom is -0.367 e. The van der Waals surface area contributed by atoms with Gasteiger partial charge in [0.25, 0.3) is 0 Å². The topological polar surface area (TPSA) is 64.9 Å². The molecule has 3 aromatic rings. The minimum absolute atomic E-state index is 0.350. The van der Waals surface area contributed by atoms with Crippen LogP contribution in [-0.4, -0.2) is 10.1 Å². The van der Waals surface area contributed by atoms with Gasteiger partial charge in [0.15, 0.2) is 0 Å². The van der Waals surface area contributed by atoms with E-state index in [2.05, 4.69) is 35.3 Å². The van der Waals surface area contributed by atoms with Gasteiger partial charge in [-0.05, 0) is 37.0 Å². The van der Waals surface area contributed by atoms with Crippen LogP contribution in [0.3, 0.4) is 0 Å². The second-order valence-electron chi connectivity index (χ2n) is 5.04. The van der Waals surface area contributed by atoms with Gasteiger partial charge in [0.1, 0.15) is 0 Å². The molecule has 1 aromatic carbocycles. The van der Waals surface area contributed by atoms with E-state index in [9.17, 15) is 0 Å². The van der Waals surface area contributed by atoms with E-state index < -0.39 is 0 Å². The zero-order valence-corrected chi connectivity index (χ0v) is 11.9. The lowest BCUT2D eigenvalue weighted by Crippen LogP contribution is -1.97. The Labute approximate surface area is 123 Å². The molecular weight excluding hydrogens is 262 g/mol. The van der Waals surface area contributed by atoms with Crippen molar-refractivity contribution in [1.29, 1.82) is 0 Å². The molecule has 3 rings (SSSR count). The largest absolute Gasteiger partial charge is 0.367 e. The van der Waals surface area contributed by atoms with E-state index in [0.717, 1.165) is 29.7 Å². The van der Waals surface area contributed by atoms with Crippen LogP contribution in [0.2, 0.25) is 0 Å². The third-order valence-electron chi connectivity index (χ3n) is 3.63. The van der Waals surface area contributed by atoms with Crippen LogP contribution in [0.4, 0.5) is 5.88 Å². The Hall–Kier alpha value is -2.62. The summed E-state index contributed by atoms with van der Waals surface area (Å²) in [5.74, 6) is 0.350. The van der Waals surface area contributed by atoms with Crippen LogP contribution < -0.4 is 5.73 Å². The molecule has 0 radical (unpaired) electrons. The lowest BCUT2D eigenvalue weighted by molar-refractivity contribution is 0.427. The van der Waals surface area contributed by atoms with Crippen LogP contribution in [0.1, 0.15) is 16.8 Å². The van der Waals surface area contributed by atoms with Gasteiger partial charge in [-0.3, -0.25) is 4.98 Å². The molecule has 21 heavy (non-hydrogen) atoms. The minimum atomic E-state index is 0.350. The summed E-state index contributed by atoms with van der Waals surface area (Å²) in [5, 5.41) is 4.11.